The molecule has 35 nitrogen and oxygen atoms in total. The molecule has 9 atom stereocenters. The third-order valence-corrected chi connectivity index (χ3v) is 20.6. The molecule has 0 aromatic rings. The van der Waals surface area contributed by atoms with Crippen molar-refractivity contribution in [3.05, 3.63) is 0 Å². The molecule has 0 aliphatic heterocycles. The van der Waals surface area contributed by atoms with E-state index in [0.29, 0.717) is 38.0 Å². The zero-order chi connectivity index (χ0) is 84.1. The van der Waals surface area contributed by atoms with E-state index in [9.17, 15) is 58.2 Å². The lowest BCUT2D eigenvalue weighted by atomic mass is 9.81. The number of amides is 4. The number of nitrogens with two attached hydrogens (primary N) is 6. The molecular formula is C77H149N21O14S. The van der Waals surface area contributed by atoms with Gasteiger partial charge in [-0.2, -0.15) is 11.8 Å². The van der Waals surface area contributed by atoms with Crippen LogP contribution in [0.15, 0.2) is 0 Å². The number of guanidine groups is 4. The molecule has 113 heavy (non-hydrogen) atoms. The molecular weight excluding hydrogens is 1480 g/mol. The lowest BCUT2D eigenvalue weighted by molar-refractivity contribution is -0.157. The lowest BCUT2D eigenvalue weighted by Gasteiger charge is -2.43. The first-order chi connectivity index (χ1) is 54.4. The summed E-state index contributed by atoms with van der Waals surface area (Å²) in [5, 5.41) is 82.3. The smallest absolute Gasteiger partial charge is 0.306 e. The molecule has 0 radical (unpaired) electrons. The van der Waals surface area contributed by atoms with Crippen LogP contribution in [0.3, 0.4) is 0 Å². The van der Waals surface area contributed by atoms with Gasteiger partial charge in [0, 0.05) is 68.9 Å². The summed E-state index contributed by atoms with van der Waals surface area (Å²) < 4.78 is 11.5. The van der Waals surface area contributed by atoms with Gasteiger partial charge < -0.3 is 110 Å². The van der Waals surface area contributed by atoms with Gasteiger partial charge in [-0.15, -0.1) is 0 Å². The van der Waals surface area contributed by atoms with Crippen LogP contribution in [0.25, 0.3) is 0 Å². The normalized spacial score (nSPS) is 14.5. The number of nitrogens with one attached hydrogen (secondary N) is 15. The predicted molar refractivity (Wildman–Crippen MR) is 444 cm³/mol. The van der Waals surface area contributed by atoms with E-state index in [1.165, 1.54) is 109 Å². The molecule has 652 valence electrons. The predicted octanol–water partition coefficient (Wildman–Crippen LogP) is 2.76. The summed E-state index contributed by atoms with van der Waals surface area (Å²) in [6.45, 7) is 3.00. The third kappa shape index (κ3) is 58.2. The first-order valence-corrected chi connectivity index (χ1v) is 42.8. The van der Waals surface area contributed by atoms with Crippen LogP contribution in [0.5, 0.6) is 0 Å². The molecule has 0 spiro atoms. The van der Waals surface area contributed by atoms with Crippen LogP contribution in [-0.2, 0) is 57.4 Å². The molecule has 29 N–H and O–H groups in total. The van der Waals surface area contributed by atoms with Crippen LogP contribution in [0.4, 0.5) is 0 Å². The fourth-order valence-electron chi connectivity index (χ4n) is 12.9. The van der Waals surface area contributed by atoms with E-state index < -0.39 is 121 Å². The SMILES string of the molecule is CCCCCCCCCCCCCCCC(=O)OCC(CSCC(N)C(=O)N[C@@H](CO)C(=O)NC(CO)C(=O)NCCCCC(C(N)=O)C(C(N[C@H](C=O)CCCNC(=N)N)N[C@H](C=O)CCCNC(=N)N)C(N[C@H](C=O)CCCNC(=N)N)N[C@H](C=O)CCCNC(=N)N)OC(=O)CCCCCCCCCCCCCCC. The summed E-state index contributed by atoms with van der Waals surface area (Å²) in [6, 6.07) is -8.59. The highest BCUT2D eigenvalue weighted by Gasteiger charge is 2.42. The van der Waals surface area contributed by atoms with Crippen LogP contribution in [0, 0.1) is 33.5 Å². The summed E-state index contributed by atoms with van der Waals surface area (Å²) in [6.07, 6.45) is 31.4. The number of thioether (sulfide) groups is 1. The summed E-state index contributed by atoms with van der Waals surface area (Å²) >= 11 is 1.16. The summed E-state index contributed by atoms with van der Waals surface area (Å²) in [5.41, 5.74) is 34.7. The number of carbonyl (C=O) groups is 10. The second kappa shape index (κ2) is 71.2. The van der Waals surface area contributed by atoms with Crippen molar-refractivity contribution in [2.45, 2.75) is 325 Å². The Morgan fingerprint density at radius 3 is 1.06 bits per heavy atom. The van der Waals surface area contributed by atoms with Gasteiger partial charge in [-0.05, 0) is 77.0 Å². The summed E-state index contributed by atoms with van der Waals surface area (Å²) in [4.78, 5) is 133. The number of hydrogen-bond acceptors (Lipinski definition) is 24. The van der Waals surface area contributed by atoms with Crippen molar-refractivity contribution in [3.8, 4) is 0 Å². The first-order valence-electron chi connectivity index (χ1n) is 41.7. The zero-order valence-corrected chi connectivity index (χ0v) is 68.9. The Morgan fingerprint density at radius 1 is 0.398 bits per heavy atom. The van der Waals surface area contributed by atoms with Crippen molar-refractivity contribution in [3.63, 3.8) is 0 Å². The summed E-state index contributed by atoms with van der Waals surface area (Å²) in [7, 11) is 0. The number of hydrogen-bond donors (Lipinski definition) is 23. The van der Waals surface area contributed by atoms with Gasteiger partial charge in [0.25, 0.3) is 0 Å². The Morgan fingerprint density at radius 2 is 0.726 bits per heavy atom. The Labute approximate surface area is 676 Å². The second-order valence-electron chi connectivity index (χ2n) is 29.3. The second-order valence-corrected chi connectivity index (χ2v) is 30.4. The molecule has 0 rings (SSSR count). The number of aldehydes is 4. The molecule has 4 unspecified atom stereocenters. The minimum absolute atomic E-state index is 0.0479. The van der Waals surface area contributed by atoms with Crippen LogP contribution >= 0.6 is 11.8 Å². The lowest BCUT2D eigenvalue weighted by Crippen LogP contribution is -2.67. The van der Waals surface area contributed by atoms with E-state index in [4.69, 9.17) is 65.5 Å². The molecule has 0 saturated heterocycles. The highest BCUT2D eigenvalue weighted by atomic mass is 32.2. The van der Waals surface area contributed by atoms with E-state index in [1.54, 1.807) is 0 Å². The maximum atomic E-state index is 14.2. The van der Waals surface area contributed by atoms with Crippen molar-refractivity contribution in [2.24, 2.45) is 46.2 Å². The maximum Gasteiger partial charge on any atom is 0.306 e. The Hall–Kier alpha value is -7.35. The highest BCUT2D eigenvalue weighted by Crippen LogP contribution is 2.27. The van der Waals surface area contributed by atoms with Crippen molar-refractivity contribution >= 4 is 96.3 Å². The Bertz CT molecular complexity index is 2480. The van der Waals surface area contributed by atoms with E-state index in [-0.39, 0.29) is 158 Å². The minimum Gasteiger partial charge on any atom is -0.462 e. The molecule has 0 bridgehead atoms. The van der Waals surface area contributed by atoms with Crippen molar-refractivity contribution in [1.29, 1.82) is 21.6 Å². The van der Waals surface area contributed by atoms with E-state index in [0.717, 1.165) is 56.7 Å². The largest absolute Gasteiger partial charge is 0.462 e. The highest BCUT2D eigenvalue weighted by molar-refractivity contribution is 7.99. The fraction of sp³-hybridized carbons (Fsp3) is 0.818. The monoisotopic (exact) mass is 1620 g/mol. The first kappa shape index (κ1) is 106. The van der Waals surface area contributed by atoms with Crippen LogP contribution in [0.2, 0.25) is 0 Å². The topological polar surface area (TPSA) is 613 Å². The molecule has 0 saturated carbocycles. The number of rotatable bonds is 79. The third-order valence-electron chi connectivity index (χ3n) is 19.4. The fourth-order valence-corrected chi connectivity index (χ4v) is 13.9. The number of carbonyl (C=O) groups excluding carboxylic acids is 10. The number of ether oxygens (including phenoxy) is 2. The van der Waals surface area contributed by atoms with Crippen LogP contribution in [0.1, 0.15) is 264 Å². The van der Waals surface area contributed by atoms with Crippen molar-refractivity contribution in [1.82, 2.24) is 58.5 Å². The molecule has 0 aliphatic carbocycles. The van der Waals surface area contributed by atoms with Crippen molar-refractivity contribution < 1.29 is 67.6 Å². The molecule has 0 fully saturated rings. The molecule has 0 aromatic carbocycles. The Kier molecular flexibility index (Phi) is 66.6. The van der Waals surface area contributed by atoms with Crippen LogP contribution < -0.4 is 92.9 Å². The van der Waals surface area contributed by atoms with Gasteiger partial charge in [0.05, 0.1) is 55.8 Å². The van der Waals surface area contributed by atoms with Gasteiger partial charge in [0.15, 0.2) is 23.8 Å². The summed E-state index contributed by atoms with van der Waals surface area (Å²) in [5.74, 6) is -8.17. The molecule has 0 heterocycles. The van der Waals surface area contributed by atoms with E-state index >= 15 is 0 Å². The van der Waals surface area contributed by atoms with Gasteiger partial charge in [0.2, 0.25) is 23.6 Å². The molecule has 36 heteroatoms. The van der Waals surface area contributed by atoms with Crippen LogP contribution in [-0.4, -0.2) is 220 Å². The van der Waals surface area contributed by atoms with Gasteiger partial charge in [0.1, 0.15) is 49.9 Å². The average molecular weight is 1630 g/mol. The molecule has 0 aromatic heterocycles. The van der Waals surface area contributed by atoms with E-state index in [1.807, 2.05) is 0 Å². The van der Waals surface area contributed by atoms with Gasteiger partial charge in [-0.25, -0.2) is 0 Å². The molecule has 0 aliphatic rings. The number of esters is 2. The van der Waals surface area contributed by atoms with Gasteiger partial charge in [-0.3, -0.25) is 71.7 Å². The van der Waals surface area contributed by atoms with Gasteiger partial charge in [-0.1, -0.05) is 174 Å². The van der Waals surface area contributed by atoms with Crippen molar-refractivity contribution in [2.75, 3.05) is 64.1 Å². The maximum absolute atomic E-state index is 14.2. The zero-order valence-electron chi connectivity index (χ0n) is 68.1. The minimum atomic E-state index is -1.64. The van der Waals surface area contributed by atoms with Gasteiger partial charge >= 0.3 is 11.9 Å². The standard InChI is InChI=1S/C77H149N21O14S/c1-3-5-7-9-11-13-15-17-19-21-23-25-27-40-65(105)111-53-60(112-66(106)41-28-26-24-22-20-18-16-14-12-10-8-6-4-2)54-113-55-62(78)71(108)97-64(52-104)73(110)98-63(51-103)72(109)88-42-30-29-39-61(68(79)107)67(69(93-56(47-99)35-31-43-89-74(80)81)94-57(48-100)36-32-44-90-75(82)83)70(95-58(49-101)37-33-45-91-76(84)85)96-59(50-102)38-34-46-92-77(86)87/h47-50,56-64,67,69-70,93-96,103-104H,3-46,51-55,78H2,1-2H3,(H2,79,107)(H,88,109)(H,97,108)(H,98,110)(H4,80,81,89)(H4,82,83,90)(H4,84,85,91)(H4,86,87,92)/t56-,57-,58-,59-,60?,61?,62?,63?,64-/m0/s1. The Balaban J connectivity index is 6.55. The number of unbranched alkanes of at least 4 members (excludes halogenated alkanes) is 25. The number of aliphatic hydroxyl groups excluding tert-OH is 2. The molecule has 4 amide bonds. The average Bonchev–Trinajstić information content (AvgIpc) is 0.810. The number of aliphatic hydroxyl groups is 2. The van der Waals surface area contributed by atoms with E-state index in [2.05, 4.69) is 72.3 Å². The number of primary amides is 1. The quantitative estimate of drug-likeness (QED) is 0.0104.